The van der Waals surface area contributed by atoms with Crippen LogP contribution < -0.4 is 20.4 Å². The predicted octanol–water partition coefficient (Wildman–Crippen LogP) is 0.0954. The van der Waals surface area contributed by atoms with E-state index in [0.717, 1.165) is 31.9 Å². The zero-order valence-corrected chi connectivity index (χ0v) is 15.4. The molecule has 0 aromatic heterocycles. The Hall–Kier alpha value is -3.06. The number of nitrogens with zero attached hydrogens (tertiary/aromatic N) is 1. The summed E-state index contributed by atoms with van der Waals surface area (Å²) in [5, 5.41) is 15.4. The monoisotopic (exact) mass is 369 g/mol. The molecule has 1 aliphatic heterocycles. The quantitative estimate of drug-likeness (QED) is 0.602. The molecule has 7 nitrogen and oxygen atoms in total. The Bertz CT molecular complexity index is 799. The minimum absolute atomic E-state index is 0.0475. The summed E-state index contributed by atoms with van der Waals surface area (Å²) in [5.74, 6) is 0.0900. The maximum Gasteiger partial charge on any atom is 0.279 e. The lowest BCUT2D eigenvalue weighted by Gasteiger charge is -2.33. The van der Waals surface area contributed by atoms with Crippen LogP contribution >= 0.6 is 0 Å². The highest BCUT2D eigenvalue weighted by Crippen LogP contribution is 2.25. The van der Waals surface area contributed by atoms with E-state index in [2.05, 4.69) is 15.5 Å². The van der Waals surface area contributed by atoms with Gasteiger partial charge in [-0.2, -0.15) is 0 Å². The van der Waals surface area contributed by atoms with Crippen LogP contribution in [0.2, 0.25) is 0 Å². The summed E-state index contributed by atoms with van der Waals surface area (Å²) in [6.07, 6.45) is 0. The minimum Gasteiger partial charge on any atom is -0.506 e. The summed E-state index contributed by atoms with van der Waals surface area (Å²) in [7, 11) is 1.58. The molecule has 4 N–H and O–H groups in total. The number of phenols is 1. The second kappa shape index (κ2) is 8.55. The van der Waals surface area contributed by atoms with Crippen LogP contribution in [0.5, 0.6) is 5.75 Å². The van der Waals surface area contributed by atoms with E-state index < -0.39 is 0 Å². The third-order valence-corrected chi connectivity index (χ3v) is 4.76. The second-order valence-electron chi connectivity index (χ2n) is 6.61. The SMILES string of the molecule is CNC(=O)c1ccc(NC(=O)C[NH+]2CCN(c3ccccc3O)CC2)cc1. The third kappa shape index (κ3) is 4.77. The van der Waals surface area contributed by atoms with Crippen LogP contribution in [0.3, 0.4) is 0 Å². The lowest BCUT2D eigenvalue weighted by atomic mass is 10.2. The molecule has 0 bridgehead atoms. The van der Waals surface area contributed by atoms with Crippen LogP contribution in [0.1, 0.15) is 10.4 Å². The molecule has 1 fully saturated rings. The van der Waals surface area contributed by atoms with Gasteiger partial charge in [0.2, 0.25) is 0 Å². The molecule has 142 valence electrons. The molecular weight excluding hydrogens is 344 g/mol. The van der Waals surface area contributed by atoms with Crippen molar-refractivity contribution in [1.29, 1.82) is 0 Å². The molecule has 1 saturated heterocycles. The summed E-state index contributed by atoms with van der Waals surface area (Å²) >= 11 is 0. The fourth-order valence-corrected chi connectivity index (χ4v) is 3.25. The summed E-state index contributed by atoms with van der Waals surface area (Å²) in [6.45, 7) is 3.64. The number of benzene rings is 2. The number of amides is 2. The van der Waals surface area contributed by atoms with Gasteiger partial charge in [0.25, 0.3) is 11.8 Å². The largest absolute Gasteiger partial charge is 0.506 e. The van der Waals surface area contributed by atoms with E-state index in [1.165, 1.54) is 4.90 Å². The van der Waals surface area contributed by atoms with Gasteiger partial charge < -0.3 is 25.5 Å². The van der Waals surface area contributed by atoms with Gasteiger partial charge in [0.15, 0.2) is 6.54 Å². The molecule has 27 heavy (non-hydrogen) atoms. The molecule has 2 aromatic rings. The highest BCUT2D eigenvalue weighted by molar-refractivity contribution is 5.95. The maximum atomic E-state index is 12.3. The molecule has 3 rings (SSSR count). The standard InChI is InChI=1S/C20H24N4O3/c1-21-20(27)15-6-8-16(9-7-15)22-19(26)14-23-10-12-24(13-11-23)17-4-2-3-5-18(17)25/h2-9,25H,10-14H2,1H3,(H,21,27)(H,22,26)/p+1. The van der Waals surface area contributed by atoms with Gasteiger partial charge >= 0.3 is 0 Å². The molecular formula is C20H25N4O3+. The Morgan fingerprint density at radius 3 is 2.37 bits per heavy atom. The summed E-state index contributed by atoms with van der Waals surface area (Å²) < 4.78 is 0. The summed E-state index contributed by atoms with van der Waals surface area (Å²) in [5.41, 5.74) is 2.08. The van der Waals surface area contributed by atoms with Crippen LogP contribution in [0.15, 0.2) is 48.5 Å². The Labute approximate surface area is 158 Å². The number of piperazine rings is 1. The molecule has 0 spiro atoms. The molecule has 0 atom stereocenters. The number of hydrogen-bond donors (Lipinski definition) is 4. The first-order chi connectivity index (χ1) is 13.1. The highest BCUT2D eigenvalue weighted by atomic mass is 16.3. The molecule has 0 radical (unpaired) electrons. The Morgan fingerprint density at radius 1 is 1.07 bits per heavy atom. The highest BCUT2D eigenvalue weighted by Gasteiger charge is 2.23. The third-order valence-electron chi connectivity index (χ3n) is 4.76. The number of quaternary nitrogens is 1. The van der Waals surface area contributed by atoms with Crippen molar-refractivity contribution in [3.8, 4) is 5.75 Å². The van der Waals surface area contributed by atoms with Crippen LogP contribution in [0.25, 0.3) is 0 Å². The lowest BCUT2D eigenvalue weighted by molar-refractivity contribution is -0.892. The van der Waals surface area contributed by atoms with Crippen LogP contribution in [0.4, 0.5) is 11.4 Å². The van der Waals surface area contributed by atoms with E-state index >= 15 is 0 Å². The Kier molecular flexibility index (Phi) is 5.93. The summed E-state index contributed by atoms with van der Waals surface area (Å²) in [6, 6.07) is 14.2. The van der Waals surface area contributed by atoms with Crippen molar-refractivity contribution in [2.75, 3.05) is 50.0 Å². The molecule has 0 aliphatic carbocycles. The molecule has 1 heterocycles. The number of carbonyl (C=O) groups is 2. The van der Waals surface area contributed by atoms with E-state index in [0.29, 0.717) is 23.5 Å². The minimum atomic E-state index is -0.153. The number of nitrogens with one attached hydrogen (secondary N) is 3. The van der Waals surface area contributed by atoms with Crippen LogP contribution in [0, 0.1) is 0 Å². The van der Waals surface area contributed by atoms with Crippen molar-refractivity contribution in [3.63, 3.8) is 0 Å². The van der Waals surface area contributed by atoms with E-state index in [-0.39, 0.29) is 11.8 Å². The van der Waals surface area contributed by atoms with E-state index in [4.69, 9.17) is 0 Å². The average Bonchev–Trinajstić information content (AvgIpc) is 2.69. The number of anilines is 2. The fraction of sp³-hybridized carbons (Fsp3) is 0.300. The van der Waals surface area contributed by atoms with E-state index in [1.807, 2.05) is 18.2 Å². The van der Waals surface area contributed by atoms with Gasteiger partial charge in [-0.1, -0.05) is 12.1 Å². The fourth-order valence-electron chi connectivity index (χ4n) is 3.25. The number of phenolic OH excluding ortho intramolecular Hbond substituents is 1. The Balaban J connectivity index is 1.48. The number of rotatable bonds is 5. The maximum absolute atomic E-state index is 12.3. The predicted molar refractivity (Wildman–Crippen MR) is 104 cm³/mol. The van der Waals surface area contributed by atoms with Crippen molar-refractivity contribution in [2.45, 2.75) is 0 Å². The van der Waals surface area contributed by atoms with Crippen molar-refractivity contribution in [2.24, 2.45) is 0 Å². The number of carbonyl (C=O) groups excluding carboxylic acids is 2. The number of para-hydroxylation sites is 2. The van der Waals surface area contributed by atoms with Gasteiger partial charge in [-0.05, 0) is 36.4 Å². The Morgan fingerprint density at radius 2 is 1.74 bits per heavy atom. The van der Waals surface area contributed by atoms with Crippen molar-refractivity contribution < 1.29 is 19.6 Å². The first kappa shape index (κ1) is 18.7. The normalized spacial score (nSPS) is 14.6. The first-order valence-corrected chi connectivity index (χ1v) is 9.05. The number of aromatic hydroxyl groups is 1. The van der Waals surface area contributed by atoms with E-state index in [1.54, 1.807) is 37.4 Å². The van der Waals surface area contributed by atoms with Gasteiger partial charge in [-0.25, -0.2) is 0 Å². The van der Waals surface area contributed by atoms with Gasteiger partial charge in [0.05, 0.1) is 31.9 Å². The molecule has 0 unspecified atom stereocenters. The summed E-state index contributed by atoms with van der Waals surface area (Å²) in [4.78, 5) is 27.2. The van der Waals surface area contributed by atoms with E-state index in [9.17, 15) is 14.7 Å². The van der Waals surface area contributed by atoms with Gasteiger partial charge in [-0.15, -0.1) is 0 Å². The van der Waals surface area contributed by atoms with Gasteiger partial charge in [0.1, 0.15) is 5.75 Å². The molecule has 1 aliphatic rings. The zero-order valence-electron chi connectivity index (χ0n) is 15.4. The van der Waals surface area contributed by atoms with Gasteiger partial charge in [-0.3, -0.25) is 9.59 Å². The van der Waals surface area contributed by atoms with Crippen molar-refractivity contribution in [3.05, 3.63) is 54.1 Å². The zero-order chi connectivity index (χ0) is 19.2. The number of hydrogen-bond acceptors (Lipinski definition) is 4. The molecule has 7 heteroatoms. The molecule has 0 saturated carbocycles. The van der Waals surface area contributed by atoms with Crippen molar-refractivity contribution in [1.82, 2.24) is 5.32 Å². The smallest absolute Gasteiger partial charge is 0.279 e. The second-order valence-corrected chi connectivity index (χ2v) is 6.61. The topological polar surface area (TPSA) is 86.1 Å². The van der Waals surface area contributed by atoms with Crippen molar-refractivity contribution >= 4 is 23.2 Å². The van der Waals surface area contributed by atoms with Crippen LogP contribution in [-0.2, 0) is 4.79 Å². The molecule has 2 aromatic carbocycles. The molecule has 2 amide bonds. The van der Waals surface area contributed by atoms with Gasteiger partial charge in [0, 0.05) is 18.3 Å². The first-order valence-electron chi connectivity index (χ1n) is 9.05. The average molecular weight is 369 g/mol. The lowest BCUT2D eigenvalue weighted by Crippen LogP contribution is -3.15. The van der Waals surface area contributed by atoms with Crippen LogP contribution in [-0.4, -0.2) is 56.7 Å².